The maximum absolute atomic E-state index is 13.1. The van der Waals surface area contributed by atoms with E-state index >= 15 is 0 Å². The molecule has 4 rings (SSSR count). The molecule has 3 atom stereocenters. The molecule has 2 fully saturated rings. The van der Waals surface area contributed by atoms with Gasteiger partial charge in [-0.1, -0.05) is 48.5 Å². The van der Waals surface area contributed by atoms with E-state index in [0.717, 1.165) is 45.3 Å². The van der Waals surface area contributed by atoms with E-state index in [4.69, 9.17) is 0 Å². The first-order valence-electron chi connectivity index (χ1n) is 15.3. The summed E-state index contributed by atoms with van der Waals surface area (Å²) in [4.78, 5) is 55.1. The Morgan fingerprint density at radius 3 is 2.40 bits per heavy atom. The zero-order chi connectivity index (χ0) is 29.7. The number of likely N-dealkylation sites (N-methyl/N-ethyl adjacent to an activating group) is 1. The number of carbonyl (C=O) groups is 4. The molecule has 4 amide bonds. The van der Waals surface area contributed by atoms with Crippen LogP contribution in [0.4, 0.5) is 0 Å². The van der Waals surface area contributed by atoms with E-state index in [2.05, 4.69) is 45.1 Å². The third-order valence-corrected chi connectivity index (χ3v) is 8.40. The lowest BCUT2D eigenvalue weighted by Gasteiger charge is -2.39. The van der Waals surface area contributed by atoms with Crippen LogP contribution in [-0.2, 0) is 20.9 Å². The SMILES string of the molecule is CN1CC(=O)N[C@@H](CCCCNC(=O)c2ccccc2)CC(=O)NCC[C@H]2CN(Cc3ccccc3)CC[C@H]2CC1=O. The molecule has 2 aromatic carbocycles. The van der Waals surface area contributed by atoms with E-state index < -0.39 is 0 Å². The molecule has 2 aliphatic rings. The highest BCUT2D eigenvalue weighted by atomic mass is 16.2. The minimum absolute atomic E-state index is 0.0107. The van der Waals surface area contributed by atoms with Crippen LogP contribution < -0.4 is 16.0 Å². The molecule has 2 saturated heterocycles. The second-order valence-electron chi connectivity index (χ2n) is 11.7. The number of nitrogens with one attached hydrogen (secondary N) is 3. The minimum atomic E-state index is -0.336. The van der Waals surface area contributed by atoms with Crippen LogP contribution in [0.2, 0.25) is 0 Å². The molecule has 2 aromatic rings. The average molecular weight is 576 g/mol. The van der Waals surface area contributed by atoms with Gasteiger partial charge < -0.3 is 20.9 Å². The molecule has 9 nitrogen and oxygen atoms in total. The van der Waals surface area contributed by atoms with E-state index in [-0.39, 0.29) is 48.6 Å². The third-order valence-electron chi connectivity index (χ3n) is 8.40. The number of carbonyl (C=O) groups excluding carboxylic acids is 4. The van der Waals surface area contributed by atoms with Crippen molar-refractivity contribution in [2.45, 2.75) is 57.5 Å². The number of hydrogen-bond donors (Lipinski definition) is 3. The molecule has 9 heteroatoms. The van der Waals surface area contributed by atoms with Gasteiger partial charge in [0.2, 0.25) is 17.7 Å². The highest BCUT2D eigenvalue weighted by molar-refractivity contribution is 5.94. The normalized spacial score (nSPS) is 22.8. The number of piperidine rings is 1. The maximum atomic E-state index is 13.1. The first-order chi connectivity index (χ1) is 20.4. The summed E-state index contributed by atoms with van der Waals surface area (Å²) in [6.45, 7) is 3.73. The van der Waals surface area contributed by atoms with Crippen molar-refractivity contribution in [3.63, 3.8) is 0 Å². The van der Waals surface area contributed by atoms with Crippen LogP contribution in [0.25, 0.3) is 0 Å². The third kappa shape index (κ3) is 9.98. The van der Waals surface area contributed by atoms with Crippen molar-refractivity contribution >= 4 is 23.6 Å². The summed E-state index contributed by atoms with van der Waals surface area (Å²) in [5.74, 6) is 0.0598. The molecular weight excluding hydrogens is 530 g/mol. The Hall–Kier alpha value is -3.72. The van der Waals surface area contributed by atoms with Gasteiger partial charge in [-0.2, -0.15) is 0 Å². The molecule has 0 spiro atoms. The van der Waals surface area contributed by atoms with Gasteiger partial charge in [0, 0.05) is 57.7 Å². The van der Waals surface area contributed by atoms with Gasteiger partial charge in [0.25, 0.3) is 5.91 Å². The Balaban J connectivity index is 1.30. The van der Waals surface area contributed by atoms with Gasteiger partial charge in [-0.15, -0.1) is 0 Å². The Morgan fingerprint density at radius 1 is 0.905 bits per heavy atom. The lowest BCUT2D eigenvalue weighted by atomic mass is 9.80. The van der Waals surface area contributed by atoms with E-state index in [1.807, 2.05) is 24.3 Å². The number of unbranched alkanes of at least 4 members (excludes halogenated alkanes) is 1. The van der Waals surface area contributed by atoms with Crippen LogP contribution in [0.3, 0.4) is 0 Å². The molecule has 0 bridgehead atoms. The summed E-state index contributed by atoms with van der Waals surface area (Å²) >= 11 is 0. The molecule has 42 heavy (non-hydrogen) atoms. The van der Waals surface area contributed by atoms with Crippen LogP contribution in [0.1, 0.15) is 60.9 Å². The van der Waals surface area contributed by atoms with Crippen molar-refractivity contribution < 1.29 is 19.2 Å². The molecule has 0 saturated carbocycles. The van der Waals surface area contributed by atoms with Gasteiger partial charge in [0.15, 0.2) is 0 Å². The quantitative estimate of drug-likeness (QED) is 0.419. The fourth-order valence-electron chi connectivity index (χ4n) is 6.02. The van der Waals surface area contributed by atoms with Crippen molar-refractivity contribution in [2.75, 3.05) is 39.8 Å². The van der Waals surface area contributed by atoms with Crippen molar-refractivity contribution in [3.8, 4) is 0 Å². The summed E-state index contributed by atoms with van der Waals surface area (Å²) in [6, 6.07) is 19.2. The maximum Gasteiger partial charge on any atom is 0.251 e. The van der Waals surface area contributed by atoms with Gasteiger partial charge >= 0.3 is 0 Å². The second kappa shape index (κ2) is 16.1. The monoisotopic (exact) mass is 575 g/mol. The average Bonchev–Trinajstić information content (AvgIpc) is 2.98. The van der Waals surface area contributed by atoms with E-state index in [1.165, 1.54) is 10.5 Å². The summed E-state index contributed by atoms with van der Waals surface area (Å²) in [7, 11) is 1.68. The molecular formula is C33H45N5O4. The molecule has 0 radical (unpaired) electrons. The number of likely N-dealkylation sites (tertiary alicyclic amines) is 1. The van der Waals surface area contributed by atoms with Gasteiger partial charge in [-0.3, -0.25) is 24.1 Å². The Kier molecular flexibility index (Phi) is 11.9. The van der Waals surface area contributed by atoms with Gasteiger partial charge in [0.05, 0.1) is 6.54 Å². The lowest BCUT2D eigenvalue weighted by molar-refractivity contribution is -0.136. The summed E-state index contributed by atoms with van der Waals surface area (Å²) in [5.41, 5.74) is 1.89. The van der Waals surface area contributed by atoms with Crippen molar-refractivity contribution in [1.82, 2.24) is 25.8 Å². The zero-order valence-corrected chi connectivity index (χ0v) is 24.7. The zero-order valence-electron chi connectivity index (χ0n) is 24.7. The molecule has 226 valence electrons. The fourth-order valence-corrected chi connectivity index (χ4v) is 6.02. The second-order valence-corrected chi connectivity index (χ2v) is 11.7. The smallest absolute Gasteiger partial charge is 0.251 e. The molecule has 2 aliphatic heterocycles. The lowest BCUT2D eigenvalue weighted by Crippen LogP contribution is -2.47. The molecule has 2 heterocycles. The highest BCUT2D eigenvalue weighted by Gasteiger charge is 2.32. The Morgan fingerprint density at radius 2 is 1.64 bits per heavy atom. The Labute approximate surface area is 249 Å². The standard InChI is InChI=1S/C33H45N5O4/c1-37-24-31(40)36-29(14-8-9-17-35-33(42)26-12-6-3-7-13-26)21-30(39)34-18-15-28-23-38(19-16-27(28)20-32(37)41)22-25-10-4-2-5-11-25/h2-7,10-13,27-29H,8-9,14-24H2,1H3,(H,34,39)(H,35,42)(H,36,40)/t27-,28-,29-/m0/s1. The first kappa shape index (κ1) is 31.2. The van der Waals surface area contributed by atoms with Crippen molar-refractivity contribution in [2.24, 2.45) is 11.8 Å². The number of hydrogen-bond acceptors (Lipinski definition) is 5. The number of benzene rings is 2. The summed E-state index contributed by atoms with van der Waals surface area (Å²) in [6.07, 6.45) is 4.42. The van der Waals surface area contributed by atoms with E-state index in [1.54, 1.807) is 19.2 Å². The molecule has 3 N–H and O–H groups in total. The minimum Gasteiger partial charge on any atom is -0.356 e. The number of amides is 4. The van der Waals surface area contributed by atoms with E-state index in [9.17, 15) is 19.2 Å². The van der Waals surface area contributed by atoms with Crippen molar-refractivity contribution in [1.29, 1.82) is 0 Å². The predicted molar refractivity (Wildman–Crippen MR) is 162 cm³/mol. The van der Waals surface area contributed by atoms with Crippen LogP contribution >= 0.6 is 0 Å². The molecule has 0 aliphatic carbocycles. The summed E-state index contributed by atoms with van der Waals surface area (Å²) in [5, 5.41) is 8.97. The number of nitrogens with zero attached hydrogens (tertiary/aromatic N) is 2. The van der Waals surface area contributed by atoms with Crippen LogP contribution in [0, 0.1) is 11.8 Å². The molecule has 0 unspecified atom stereocenters. The van der Waals surface area contributed by atoms with Crippen LogP contribution in [0.15, 0.2) is 60.7 Å². The molecule has 0 aromatic heterocycles. The van der Waals surface area contributed by atoms with Crippen molar-refractivity contribution in [3.05, 3.63) is 71.8 Å². The van der Waals surface area contributed by atoms with Crippen LogP contribution in [-0.4, -0.2) is 79.2 Å². The largest absolute Gasteiger partial charge is 0.356 e. The van der Waals surface area contributed by atoms with Gasteiger partial charge in [-0.25, -0.2) is 0 Å². The topological polar surface area (TPSA) is 111 Å². The van der Waals surface area contributed by atoms with Gasteiger partial charge in [-0.05, 0) is 68.2 Å². The van der Waals surface area contributed by atoms with Gasteiger partial charge in [0.1, 0.15) is 0 Å². The Bertz CT molecular complexity index is 1180. The van der Waals surface area contributed by atoms with E-state index in [0.29, 0.717) is 37.4 Å². The fraction of sp³-hybridized carbons (Fsp3) is 0.515. The summed E-state index contributed by atoms with van der Waals surface area (Å²) < 4.78 is 0. The highest BCUT2D eigenvalue weighted by Crippen LogP contribution is 2.30. The number of rotatable bonds is 8. The van der Waals surface area contributed by atoms with Crippen LogP contribution in [0.5, 0.6) is 0 Å². The first-order valence-corrected chi connectivity index (χ1v) is 15.3. The number of fused-ring (bicyclic) bond motifs is 1. The predicted octanol–water partition coefficient (Wildman–Crippen LogP) is 2.97.